The number of sulfonamides is 1. The van der Waals surface area contributed by atoms with Crippen molar-refractivity contribution in [3.05, 3.63) is 47.5 Å². The van der Waals surface area contributed by atoms with Gasteiger partial charge in [0.05, 0.1) is 17.0 Å². The lowest BCUT2D eigenvalue weighted by atomic mass is 10.1. The second-order valence-electron chi connectivity index (χ2n) is 7.23. The fourth-order valence-electron chi connectivity index (χ4n) is 3.47. The molecule has 160 valence electrons. The fourth-order valence-corrected chi connectivity index (χ4v) is 4.95. The van der Waals surface area contributed by atoms with Crippen molar-refractivity contribution in [2.75, 3.05) is 18.4 Å². The van der Waals surface area contributed by atoms with Crippen LogP contribution in [0.5, 0.6) is 0 Å². The minimum atomic E-state index is -3.56. The summed E-state index contributed by atoms with van der Waals surface area (Å²) in [6, 6.07) is 10.7. The van der Waals surface area contributed by atoms with E-state index in [-0.39, 0.29) is 17.2 Å². The number of carbonyl (C=O) groups excluding carboxylic acids is 1. The summed E-state index contributed by atoms with van der Waals surface area (Å²) in [5, 5.41) is 11.1. The molecule has 8 nitrogen and oxygen atoms in total. The van der Waals surface area contributed by atoms with Gasteiger partial charge in [0.15, 0.2) is 0 Å². The maximum Gasteiger partial charge on any atom is 0.243 e. The van der Waals surface area contributed by atoms with Gasteiger partial charge in [-0.2, -0.15) is 4.31 Å². The summed E-state index contributed by atoms with van der Waals surface area (Å²) in [7, 11) is -3.56. The molecule has 0 spiro atoms. The van der Waals surface area contributed by atoms with Gasteiger partial charge >= 0.3 is 0 Å². The lowest BCUT2D eigenvalue weighted by Crippen LogP contribution is -2.30. The Labute approximate surface area is 176 Å². The molecule has 3 aromatic rings. The van der Waals surface area contributed by atoms with Crippen molar-refractivity contribution < 1.29 is 13.2 Å². The Hall–Kier alpha value is -2.78. The molecule has 0 aliphatic rings. The van der Waals surface area contributed by atoms with Gasteiger partial charge in [0.25, 0.3) is 0 Å². The van der Waals surface area contributed by atoms with Crippen molar-refractivity contribution in [2.45, 2.75) is 45.6 Å². The number of benzene rings is 2. The number of aryl methyl sites for hydroxylation is 3. The minimum Gasteiger partial charge on any atom is -0.326 e. The average molecular weight is 430 g/mol. The first-order chi connectivity index (χ1) is 14.2. The van der Waals surface area contributed by atoms with E-state index in [2.05, 4.69) is 15.6 Å². The summed E-state index contributed by atoms with van der Waals surface area (Å²) in [5.41, 5.74) is 4.11. The fraction of sp³-hybridized carbons (Fsp3) is 0.381. The van der Waals surface area contributed by atoms with Crippen LogP contribution >= 0.6 is 0 Å². The Morgan fingerprint density at radius 1 is 1.07 bits per heavy atom. The third-order valence-corrected chi connectivity index (χ3v) is 6.93. The van der Waals surface area contributed by atoms with Crippen LogP contribution in [0.25, 0.3) is 11.0 Å². The SMILES string of the molecule is CCN(CC)S(=O)(=O)c1ccc2c(c1)nnn2CCC(=O)Nc1cc(C)cc(C)c1. The molecule has 2 aromatic carbocycles. The van der Waals surface area contributed by atoms with Gasteiger partial charge in [-0.05, 0) is 55.3 Å². The van der Waals surface area contributed by atoms with Gasteiger partial charge in [-0.3, -0.25) is 4.79 Å². The van der Waals surface area contributed by atoms with Crippen LogP contribution in [0.3, 0.4) is 0 Å². The summed E-state index contributed by atoms with van der Waals surface area (Å²) in [5.74, 6) is -0.121. The molecule has 0 saturated heterocycles. The Bertz CT molecular complexity index is 1150. The van der Waals surface area contributed by atoms with Crippen molar-refractivity contribution in [2.24, 2.45) is 0 Å². The van der Waals surface area contributed by atoms with E-state index in [1.165, 1.54) is 10.4 Å². The average Bonchev–Trinajstić information content (AvgIpc) is 3.08. The number of aromatic nitrogens is 3. The van der Waals surface area contributed by atoms with E-state index in [1.807, 2.05) is 32.0 Å². The van der Waals surface area contributed by atoms with Crippen LogP contribution in [0.4, 0.5) is 5.69 Å². The van der Waals surface area contributed by atoms with Gasteiger partial charge in [-0.1, -0.05) is 25.1 Å². The van der Waals surface area contributed by atoms with Crippen molar-refractivity contribution in [1.29, 1.82) is 0 Å². The normalized spacial score (nSPS) is 11.9. The molecule has 0 bridgehead atoms. The summed E-state index contributed by atoms with van der Waals surface area (Å²) < 4.78 is 28.4. The summed E-state index contributed by atoms with van der Waals surface area (Å²) in [6.07, 6.45) is 0.227. The maximum absolute atomic E-state index is 12.7. The molecule has 1 N–H and O–H groups in total. The Balaban J connectivity index is 1.72. The first-order valence-electron chi connectivity index (χ1n) is 9.96. The number of rotatable bonds is 8. The van der Waals surface area contributed by atoms with Crippen LogP contribution in [-0.4, -0.2) is 46.7 Å². The van der Waals surface area contributed by atoms with Crippen LogP contribution in [0.2, 0.25) is 0 Å². The number of hydrogen-bond donors (Lipinski definition) is 1. The predicted octanol–water partition coefficient (Wildman–Crippen LogP) is 3.11. The van der Waals surface area contributed by atoms with Crippen molar-refractivity contribution in [3.8, 4) is 0 Å². The van der Waals surface area contributed by atoms with Crippen LogP contribution in [0.15, 0.2) is 41.3 Å². The Kier molecular flexibility index (Phi) is 6.52. The first kappa shape index (κ1) is 21.9. The summed E-state index contributed by atoms with van der Waals surface area (Å²) in [4.78, 5) is 12.5. The molecular weight excluding hydrogens is 402 g/mol. The standard InChI is InChI=1S/C21H27N5O3S/c1-5-25(6-2)30(28,29)18-7-8-20-19(14-18)23-24-26(20)10-9-21(27)22-17-12-15(3)11-16(4)13-17/h7-8,11-14H,5-6,9-10H2,1-4H3,(H,22,27). The zero-order valence-electron chi connectivity index (χ0n) is 17.7. The van der Waals surface area contributed by atoms with E-state index in [4.69, 9.17) is 0 Å². The van der Waals surface area contributed by atoms with Gasteiger partial charge in [0.2, 0.25) is 15.9 Å². The zero-order valence-corrected chi connectivity index (χ0v) is 18.5. The van der Waals surface area contributed by atoms with Gasteiger partial charge in [0.1, 0.15) is 5.52 Å². The maximum atomic E-state index is 12.7. The van der Waals surface area contributed by atoms with Gasteiger partial charge in [-0.15, -0.1) is 5.10 Å². The van der Waals surface area contributed by atoms with E-state index < -0.39 is 10.0 Å². The van der Waals surface area contributed by atoms with Crippen molar-refractivity contribution >= 4 is 32.7 Å². The zero-order chi connectivity index (χ0) is 21.9. The summed E-state index contributed by atoms with van der Waals surface area (Å²) in [6.45, 7) is 8.73. The molecule has 0 saturated carbocycles. The van der Waals surface area contributed by atoms with Crippen LogP contribution in [0.1, 0.15) is 31.4 Å². The lowest BCUT2D eigenvalue weighted by molar-refractivity contribution is -0.116. The molecule has 0 fully saturated rings. The van der Waals surface area contributed by atoms with E-state index in [1.54, 1.807) is 30.7 Å². The summed E-state index contributed by atoms with van der Waals surface area (Å²) >= 11 is 0. The highest BCUT2D eigenvalue weighted by Crippen LogP contribution is 2.21. The lowest BCUT2D eigenvalue weighted by Gasteiger charge is -2.18. The number of hydrogen-bond acceptors (Lipinski definition) is 5. The molecule has 9 heteroatoms. The first-order valence-corrected chi connectivity index (χ1v) is 11.4. The molecule has 0 atom stereocenters. The van der Waals surface area contributed by atoms with Crippen LogP contribution in [0, 0.1) is 13.8 Å². The number of anilines is 1. The van der Waals surface area contributed by atoms with Gasteiger partial charge in [-0.25, -0.2) is 13.1 Å². The highest BCUT2D eigenvalue weighted by atomic mass is 32.2. The third-order valence-electron chi connectivity index (χ3n) is 4.88. The van der Waals surface area contributed by atoms with E-state index >= 15 is 0 Å². The number of carbonyl (C=O) groups is 1. The van der Waals surface area contributed by atoms with Gasteiger partial charge in [0, 0.05) is 25.2 Å². The minimum absolute atomic E-state index is 0.121. The highest BCUT2D eigenvalue weighted by Gasteiger charge is 2.22. The largest absolute Gasteiger partial charge is 0.326 e. The molecule has 1 heterocycles. The Morgan fingerprint density at radius 3 is 2.37 bits per heavy atom. The monoisotopic (exact) mass is 429 g/mol. The number of nitrogens with zero attached hydrogens (tertiary/aromatic N) is 4. The molecule has 0 aliphatic heterocycles. The van der Waals surface area contributed by atoms with Gasteiger partial charge < -0.3 is 5.32 Å². The van der Waals surface area contributed by atoms with E-state index in [9.17, 15) is 13.2 Å². The molecule has 0 unspecified atom stereocenters. The highest BCUT2D eigenvalue weighted by molar-refractivity contribution is 7.89. The molecule has 1 aromatic heterocycles. The quantitative estimate of drug-likeness (QED) is 0.593. The number of nitrogens with one attached hydrogen (secondary N) is 1. The van der Waals surface area contributed by atoms with E-state index in [0.29, 0.717) is 30.7 Å². The molecule has 0 aliphatic carbocycles. The Morgan fingerprint density at radius 2 is 1.73 bits per heavy atom. The molecule has 30 heavy (non-hydrogen) atoms. The van der Waals surface area contributed by atoms with Crippen LogP contribution < -0.4 is 5.32 Å². The molecular formula is C21H27N5O3S. The number of fused-ring (bicyclic) bond motifs is 1. The molecule has 1 amide bonds. The van der Waals surface area contributed by atoms with Crippen molar-refractivity contribution in [3.63, 3.8) is 0 Å². The van der Waals surface area contributed by atoms with Crippen molar-refractivity contribution in [1.82, 2.24) is 19.3 Å². The molecule has 0 radical (unpaired) electrons. The molecule has 3 rings (SSSR count). The predicted molar refractivity (Wildman–Crippen MR) is 117 cm³/mol. The second kappa shape index (κ2) is 8.93. The second-order valence-corrected chi connectivity index (χ2v) is 9.16. The van der Waals surface area contributed by atoms with E-state index in [0.717, 1.165) is 16.8 Å². The smallest absolute Gasteiger partial charge is 0.243 e. The third kappa shape index (κ3) is 4.68. The van der Waals surface area contributed by atoms with Crippen LogP contribution in [-0.2, 0) is 21.4 Å². The number of amides is 1. The topological polar surface area (TPSA) is 97.2 Å².